The molecule has 0 N–H and O–H groups in total. The minimum atomic E-state index is -0.218. The minimum Gasteiger partial charge on any atom is -0.348 e. The second-order valence-corrected chi connectivity index (χ2v) is 7.35. The minimum absolute atomic E-state index is 0.124. The largest absolute Gasteiger partial charge is 0.348 e. The van der Waals surface area contributed by atoms with Crippen molar-refractivity contribution < 1.29 is 4.79 Å². The Morgan fingerprint density at radius 2 is 1.48 bits per heavy atom. The smallest absolute Gasteiger partial charge is 0.240 e. The van der Waals surface area contributed by atoms with Crippen LogP contribution < -0.4 is 0 Å². The van der Waals surface area contributed by atoms with Crippen LogP contribution in [-0.2, 0) is 4.79 Å². The van der Waals surface area contributed by atoms with E-state index in [1.165, 1.54) is 27.1 Å². The molecule has 0 aliphatic rings. The SMILES string of the molecule is Cc1cc(C)c(C)c(S[C@@H](C(=O)N(C)C)c2ccccc2)c1C. The highest BCUT2D eigenvalue weighted by Crippen LogP contribution is 2.41. The average Bonchev–Trinajstić information content (AvgIpc) is 2.53. The molecule has 0 radical (unpaired) electrons. The molecule has 0 aliphatic carbocycles. The van der Waals surface area contributed by atoms with Gasteiger partial charge in [0.05, 0.1) is 0 Å². The molecule has 0 bridgehead atoms. The number of thioether (sulfide) groups is 1. The Hall–Kier alpha value is -1.74. The highest BCUT2D eigenvalue weighted by atomic mass is 32.2. The van der Waals surface area contributed by atoms with Crippen LogP contribution in [-0.4, -0.2) is 24.9 Å². The third-order valence-corrected chi connectivity index (χ3v) is 5.86. The van der Waals surface area contributed by atoms with Gasteiger partial charge in [0.1, 0.15) is 5.25 Å². The first-order valence-electron chi connectivity index (χ1n) is 7.83. The van der Waals surface area contributed by atoms with Gasteiger partial charge in [0, 0.05) is 19.0 Å². The summed E-state index contributed by atoms with van der Waals surface area (Å²) < 4.78 is 0. The molecule has 0 unspecified atom stereocenters. The van der Waals surface area contributed by atoms with Gasteiger partial charge in [-0.15, -0.1) is 11.8 Å². The van der Waals surface area contributed by atoms with Gasteiger partial charge in [0.25, 0.3) is 0 Å². The number of benzene rings is 2. The lowest BCUT2D eigenvalue weighted by molar-refractivity contribution is -0.128. The number of hydrogen-bond donors (Lipinski definition) is 0. The maximum absolute atomic E-state index is 12.7. The molecule has 1 atom stereocenters. The van der Waals surface area contributed by atoms with Gasteiger partial charge in [-0.05, 0) is 55.5 Å². The predicted molar refractivity (Wildman–Crippen MR) is 99.1 cm³/mol. The zero-order valence-corrected chi connectivity index (χ0v) is 15.6. The molecular weight excluding hydrogens is 302 g/mol. The van der Waals surface area contributed by atoms with E-state index < -0.39 is 0 Å². The lowest BCUT2D eigenvalue weighted by atomic mass is 10.0. The summed E-state index contributed by atoms with van der Waals surface area (Å²) in [6, 6.07) is 12.3. The van der Waals surface area contributed by atoms with E-state index in [-0.39, 0.29) is 11.2 Å². The summed E-state index contributed by atoms with van der Waals surface area (Å²) in [5.74, 6) is 0.124. The molecule has 122 valence electrons. The van der Waals surface area contributed by atoms with Gasteiger partial charge in [-0.3, -0.25) is 4.79 Å². The molecule has 2 nitrogen and oxygen atoms in total. The molecule has 0 spiro atoms. The normalized spacial score (nSPS) is 12.1. The highest BCUT2D eigenvalue weighted by molar-refractivity contribution is 8.00. The summed E-state index contributed by atoms with van der Waals surface area (Å²) in [6.07, 6.45) is 0. The van der Waals surface area contributed by atoms with Gasteiger partial charge in [0.2, 0.25) is 5.91 Å². The van der Waals surface area contributed by atoms with Crippen molar-refractivity contribution in [1.82, 2.24) is 4.90 Å². The molecule has 0 aromatic heterocycles. The molecular formula is C20H25NOS. The van der Waals surface area contributed by atoms with Crippen LogP contribution >= 0.6 is 11.8 Å². The first kappa shape index (κ1) is 17.6. The van der Waals surface area contributed by atoms with Gasteiger partial charge < -0.3 is 4.90 Å². The number of hydrogen-bond acceptors (Lipinski definition) is 2. The number of rotatable bonds is 4. The van der Waals surface area contributed by atoms with Crippen LogP contribution in [0.15, 0.2) is 41.3 Å². The van der Waals surface area contributed by atoms with Crippen LogP contribution in [0, 0.1) is 27.7 Å². The molecule has 23 heavy (non-hydrogen) atoms. The maximum Gasteiger partial charge on any atom is 0.240 e. The van der Waals surface area contributed by atoms with Crippen LogP contribution in [0.25, 0.3) is 0 Å². The number of carbonyl (C=O) groups is 1. The van der Waals surface area contributed by atoms with E-state index in [2.05, 4.69) is 33.8 Å². The molecule has 0 aliphatic heterocycles. The third-order valence-electron chi connectivity index (χ3n) is 4.30. The van der Waals surface area contributed by atoms with E-state index in [0.717, 1.165) is 5.56 Å². The quantitative estimate of drug-likeness (QED) is 0.749. The van der Waals surface area contributed by atoms with Crippen molar-refractivity contribution in [2.75, 3.05) is 14.1 Å². The molecule has 1 amide bonds. The Morgan fingerprint density at radius 1 is 0.957 bits per heavy atom. The molecule has 2 aromatic rings. The molecule has 0 saturated carbocycles. The fourth-order valence-electron chi connectivity index (χ4n) is 2.60. The third kappa shape index (κ3) is 3.78. The lowest BCUT2D eigenvalue weighted by Crippen LogP contribution is -2.26. The van der Waals surface area contributed by atoms with Crippen molar-refractivity contribution in [2.45, 2.75) is 37.8 Å². The first-order chi connectivity index (χ1) is 10.8. The number of carbonyl (C=O) groups excluding carboxylic acids is 1. The monoisotopic (exact) mass is 327 g/mol. The second-order valence-electron chi connectivity index (χ2n) is 6.23. The van der Waals surface area contributed by atoms with E-state index >= 15 is 0 Å². The molecule has 2 rings (SSSR count). The van der Waals surface area contributed by atoms with Gasteiger partial charge in [0.15, 0.2) is 0 Å². The van der Waals surface area contributed by atoms with Gasteiger partial charge in [-0.25, -0.2) is 0 Å². The van der Waals surface area contributed by atoms with Gasteiger partial charge in [-0.2, -0.15) is 0 Å². The summed E-state index contributed by atoms with van der Waals surface area (Å²) in [7, 11) is 3.64. The predicted octanol–water partition coefficient (Wildman–Crippen LogP) is 4.84. The fourth-order valence-corrected chi connectivity index (χ4v) is 4.11. The standard InChI is InChI=1S/C20H25NOS/c1-13-12-14(2)16(4)18(15(13)3)23-19(20(22)21(5)6)17-10-8-7-9-11-17/h7-12,19H,1-6H3/t19-/m1/s1. The van der Waals surface area contributed by atoms with Crippen LogP contribution in [0.3, 0.4) is 0 Å². The van der Waals surface area contributed by atoms with Crippen LogP contribution in [0.2, 0.25) is 0 Å². The van der Waals surface area contributed by atoms with Crippen molar-refractivity contribution in [3.8, 4) is 0 Å². The molecule has 0 saturated heterocycles. The highest BCUT2D eigenvalue weighted by Gasteiger charge is 2.25. The van der Waals surface area contributed by atoms with E-state index in [9.17, 15) is 4.79 Å². The Balaban J connectivity index is 2.50. The molecule has 0 heterocycles. The number of likely N-dealkylation sites (N-methyl/N-ethyl adjacent to an activating group) is 1. The Labute approximate surface area is 143 Å². The second kappa shape index (κ2) is 7.22. The van der Waals surface area contributed by atoms with Gasteiger partial charge >= 0.3 is 0 Å². The fraction of sp³-hybridized carbons (Fsp3) is 0.350. The lowest BCUT2D eigenvalue weighted by Gasteiger charge is -2.23. The maximum atomic E-state index is 12.7. The number of nitrogens with zero attached hydrogens (tertiary/aromatic N) is 1. The van der Waals surface area contributed by atoms with Crippen molar-refractivity contribution in [3.05, 3.63) is 64.2 Å². The molecule has 2 aromatic carbocycles. The van der Waals surface area contributed by atoms with Crippen LogP contribution in [0.5, 0.6) is 0 Å². The van der Waals surface area contributed by atoms with E-state index in [0.29, 0.717) is 0 Å². The van der Waals surface area contributed by atoms with E-state index in [1.807, 2.05) is 44.4 Å². The van der Waals surface area contributed by atoms with Gasteiger partial charge in [-0.1, -0.05) is 36.4 Å². The summed E-state index contributed by atoms with van der Waals surface area (Å²) >= 11 is 1.67. The molecule has 3 heteroatoms. The Morgan fingerprint density at radius 3 is 1.96 bits per heavy atom. The summed E-state index contributed by atoms with van der Waals surface area (Å²) in [4.78, 5) is 15.7. The van der Waals surface area contributed by atoms with Crippen LogP contribution in [0.1, 0.15) is 33.1 Å². The van der Waals surface area contributed by atoms with E-state index in [4.69, 9.17) is 0 Å². The zero-order chi connectivity index (χ0) is 17.1. The summed E-state index contributed by atoms with van der Waals surface area (Å²) in [5.41, 5.74) is 6.14. The average molecular weight is 327 g/mol. The summed E-state index contributed by atoms with van der Waals surface area (Å²) in [5, 5.41) is -0.218. The van der Waals surface area contributed by atoms with Crippen molar-refractivity contribution in [1.29, 1.82) is 0 Å². The Bertz CT molecular complexity index is 681. The number of aryl methyl sites for hydroxylation is 2. The summed E-state index contributed by atoms with van der Waals surface area (Å²) in [6.45, 7) is 8.56. The molecule has 0 fully saturated rings. The van der Waals surface area contributed by atoms with Crippen LogP contribution in [0.4, 0.5) is 0 Å². The number of amides is 1. The van der Waals surface area contributed by atoms with Crippen molar-refractivity contribution >= 4 is 17.7 Å². The first-order valence-corrected chi connectivity index (χ1v) is 8.71. The topological polar surface area (TPSA) is 20.3 Å². The van der Waals surface area contributed by atoms with E-state index in [1.54, 1.807) is 16.7 Å². The van der Waals surface area contributed by atoms with Crippen molar-refractivity contribution in [3.63, 3.8) is 0 Å². The van der Waals surface area contributed by atoms with Crippen molar-refractivity contribution in [2.24, 2.45) is 0 Å². The Kier molecular flexibility index (Phi) is 5.53. The zero-order valence-electron chi connectivity index (χ0n) is 14.8.